The van der Waals surface area contributed by atoms with Crippen molar-refractivity contribution in [1.82, 2.24) is 20.2 Å². The van der Waals surface area contributed by atoms with E-state index in [1.807, 2.05) is 0 Å². The molecule has 0 aromatic carbocycles. The summed E-state index contributed by atoms with van der Waals surface area (Å²) in [5.74, 6) is 0.286. The highest BCUT2D eigenvalue weighted by atomic mass is 35.5. The van der Waals surface area contributed by atoms with Crippen molar-refractivity contribution in [2.24, 2.45) is 5.92 Å². The molecule has 8 heteroatoms. The van der Waals surface area contributed by atoms with E-state index in [0.29, 0.717) is 18.0 Å². The minimum Gasteiger partial charge on any atom is -0.313 e. The van der Waals surface area contributed by atoms with Gasteiger partial charge in [-0.05, 0) is 43.2 Å². The fraction of sp³-hybridized carbons (Fsp3) is 0.333. The highest BCUT2D eigenvalue weighted by molar-refractivity contribution is 6.30. The number of halogens is 2. The molecule has 23 heavy (non-hydrogen) atoms. The van der Waals surface area contributed by atoms with Crippen LogP contribution in [0.4, 0.5) is 4.39 Å². The molecular weight excluding hydrogens is 323 g/mol. The lowest BCUT2D eigenvalue weighted by molar-refractivity contribution is 0.627. The monoisotopic (exact) mass is 336 g/mol. The van der Waals surface area contributed by atoms with Gasteiger partial charge in [0.05, 0.1) is 11.4 Å². The number of nitrogens with zero attached hydrogens (tertiary/aromatic N) is 2. The highest BCUT2D eigenvalue weighted by Gasteiger charge is 2.39. The van der Waals surface area contributed by atoms with Gasteiger partial charge in [0.2, 0.25) is 0 Å². The van der Waals surface area contributed by atoms with Gasteiger partial charge in [-0.3, -0.25) is 9.78 Å². The van der Waals surface area contributed by atoms with Crippen LogP contribution >= 0.6 is 11.6 Å². The Morgan fingerprint density at radius 2 is 2.26 bits per heavy atom. The van der Waals surface area contributed by atoms with Crippen molar-refractivity contribution >= 4 is 11.6 Å². The fourth-order valence-corrected chi connectivity index (χ4v) is 2.82. The Kier molecular flexibility index (Phi) is 4.12. The molecule has 2 aromatic heterocycles. The van der Waals surface area contributed by atoms with Gasteiger partial charge in [-0.15, -0.1) is 10.2 Å². The first kappa shape index (κ1) is 15.6. The van der Waals surface area contributed by atoms with E-state index in [0.717, 1.165) is 12.0 Å². The largest absolute Gasteiger partial charge is 0.325 e. The lowest BCUT2D eigenvalue weighted by Crippen LogP contribution is -2.23. The summed E-state index contributed by atoms with van der Waals surface area (Å²) in [6.07, 6.45) is 4.38. The molecule has 120 valence electrons. The van der Waals surface area contributed by atoms with Crippen LogP contribution < -0.4 is 11.2 Å². The summed E-state index contributed by atoms with van der Waals surface area (Å²) in [7, 11) is 0. The first-order valence-corrected chi connectivity index (χ1v) is 7.51. The molecule has 1 aliphatic carbocycles. The highest BCUT2D eigenvalue weighted by Crippen LogP contribution is 2.51. The molecule has 0 amide bonds. The number of H-pyrrole nitrogens is 2. The predicted molar refractivity (Wildman–Crippen MR) is 84.0 cm³/mol. The second-order valence-corrected chi connectivity index (χ2v) is 5.95. The SMILES string of the molecule is C/C(F)=C\C[C@H]1C[C@@H]1c1cc(-c2c[nH]c(=O)[nH]c2=O)nnc1Cl. The van der Waals surface area contributed by atoms with Gasteiger partial charge in [0, 0.05) is 6.20 Å². The first-order valence-electron chi connectivity index (χ1n) is 7.13. The predicted octanol–water partition coefficient (Wildman–Crippen LogP) is 2.54. The molecule has 0 bridgehead atoms. The van der Waals surface area contributed by atoms with Crippen molar-refractivity contribution < 1.29 is 4.39 Å². The summed E-state index contributed by atoms with van der Waals surface area (Å²) in [5, 5.41) is 8.08. The molecule has 1 fully saturated rings. The Morgan fingerprint density at radius 3 is 2.96 bits per heavy atom. The zero-order valence-corrected chi connectivity index (χ0v) is 13.0. The molecule has 0 aliphatic heterocycles. The van der Waals surface area contributed by atoms with E-state index in [1.165, 1.54) is 13.1 Å². The number of allylic oxidation sites excluding steroid dienone is 2. The van der Waals surface area contributed by atoms with Gasteiger partial charge in [-0.2, -0.15) is 0 Å². The standard InChI is InChI=1S/C15H14ClFN4O2/c1-7(17)2-3-8-4-9(8)10-5-12(20-21-13(10)16)11-6-18-15(23)19-14(11)22/h2,5-6,8-9H,3-4H2,1H3,(H2,18,19,22,23)/b7-2+/t8-,9-/m0/s1. The third-order valence-electron chi connectivity index (χ3n) is 3.90. The molecule has 2 aromatic rings. The molecule has 2 N–H and O–H groups in total. The van der Waals surface area contributed by atoms with Crippen LogP contribution in [-0.4, -0.2) is 20.2 Å². The second-order valence-electron chi connectivity index (χ2n) is 5.59. The van der Waals surface area contributed by atoms with Crippen LogP contribution in [0.25, 0.3) is 11.3 Å². The molecule has 0 radical (unpaired) electrons. The van der Waals surface area contributed by atoms with Crippen molar-refractivity contribution in [1.29, 1.82) is 0 Å². The molecule has 0 saturated heterocycles. The number of aromatic amines is 2. The molecule has 3 rings (SSSR count). The van der Waals surface area contributed by atoms with E-state index in [9.17, 15) is 14.0 Å². The lowest BCUT2D eigenvalue weighted by atomic mass is 10.1. The van der Waals surface area contributed by atoms with Crippen LogP contribution in [0.2, 0.25) is 5.15 Å². The topological polar surface area (TPSA) is 91.5 Å². The van der Waals surface area contributed by atoms with E-state index >= 15 is 0 Å². The van der Waals surface area contributed by atoms with E-state index in [-0.39, 0.29) is 22.5 Å². The normalized spacial score (nSPS) is 20.6. The average molecular weight is 337 g/mol. The smallest absolute Gasteiger partial charge is 0.313 e. The summed E-state index contributed by atoms with van der Waals surface area (Å²) >= 11 is 6.10. The maximum atomic E-state index is 12.8. The van der Waals surface area contributed by atoms with Crippen LogP contribution in [-0.2, 0) is 0 Å². The number of hydrogen-bond acceptors (Lipinski definition) is 4. The van der Waals surface area contributed by atoms with Gasteiger partial charge in [-0.1, -0.05) is 17.7 Å². The van der Waals surface area contributed by atoms with Crippen LogP contribution in [0.3, 0.4) is 0 Å². The Hall–Kier alpha value is -2.28. The molecule has 2 heterocycles. The summed E-state index contributed by atoms with van der Waals surface area (Å²) in [6.45, 7) is 1.42. The molecule has 0 spiro atoms. The Balaban J connectivity index is 1.90. The Morgan fingerprint density at radius 1 is 1.48 bits per heavy atom. The van der Waals surface area contributed by atoms with Gasteiger partial charge in [-0.25, -0.2) is 9.18 Å². The Labute approximate surface area is 135 Å². The van der Waals surface area contributed by atoms with Gasteiger partial charge >= 0.3 is 5.69 Å². The molecule has 0 unspecified atom stereocenters. The number of hydrogen-bond donors (Lipinski definition) is 2. The zero-order chi connectivity index (χ0) is 16.6. The van der Waals surface area contributed by atoms with Gasteiger partial charge in [0.25, 0.3) is 5.56 Å². The van der Waals surface area contributed by atoms with Crippen molar-refractivity contribution in [3.8, 4) is 11.3 Å². The first-order chi connectivity index (χ1) is 11.0. The average Bonchev–Trinajstić information content (AvgIpc) is 3.25. The molecule has 1 saturated carbocycles. The van der Waals surface area contributed by atoms with E-state index < -0.39 is 11.2 Å². The molecule has 1 aliphatic rings. The van der Waals surface area contributed by atoms with Crippen LogP contribution in [0.15, 0.2) is 33.8 Å². The quantitative estimate of drug-likeness (QED) is 0.897. The lowest BCUT2D eigenvalue weighted by Gasteiger charge is -2.05. The summed E-state index contributed by atoms with van der Waals surface area (Å²) in [4.78, 5) is 27.5. The molecule has 2 atom stereocenters. The van der Waals surface area contributed by atoms with Crippen molar-refractivity contribution in [3.05, 3.63) is 55.7 Å². The fourth-order valence-electron chi connectivity index (χ4n) is 2.59. The maximum Gasteiger partial charge on any atom is 0.325 e. The number of nitrogens with one attached hydrogen (secondary N) is 2. The van der Waals surface area contributed by atoms with Gasteiger partial charge < -0.3 is 4.98 Å². The van der Waals surface area contributed by atoms with Crippen molar-refractivity contribution in [2.45, 2.75) is 25.7 Å². The molecular formula is C15H14ClFN4O2. The number of rotatable bonds is 4. The summed E-state index contributed by atoms with van der Waals surface area (Å²) in [6, 6.07) is 1.70. The zero-order valence-electron chi connectivity index (χ0n) is 12.3. The summed E-state index contributed by atoms with van der Waals surface area (Å²) < 4.78 is 12.8. The van der Waals surface area contributed by atoms with Crippen LogP contribution in [0.1, 0.15) is 31.2 Å². The van der Waals surface area contributed by atoms with Crippen LogP contribution in [0, 0.1) is 5.92 Å². The van der Waals surface area contributed by atoms with Crippen molar-refractivity contribution in [3.63, 3.8) is 0 Å². The molecule has 6 nitrogen and oxygen atoms in total. The summed E-state index contributed by atoms with van der Waals surface area (Å²) in [5.41, 5.74) is 0.213. The van der Waals surface area contributed by atoms with Crippen molar-refractivity contribution in [2.75, 3.05) is 0 Å². The van der Waals surface area contributed by atoms with E-state index in [4.69, 9.17) is 11.6 Å². The third kappa shape index (κ3) is 3.39. The van der Waals surface area contributed by atoms with E-state index in [1.54, 1.807) is 12.1 Å². The minimum absolute atomic E-state index is 0.175. The maximum absolute atomic E-state index is 12.8. The second kappa shape index (κ2) is 6.08. The minimum atomic E-state index is -0.587. The van der Waals surface area contributed by atoms with Gasteiger partial charge in [0.1, 0.15) is 5.69 Å². The van der Waals surface area contributed by atoms with E-state index in [2.05, 4.69) is 20.2 Å². The van der Waals surface area contributed by atoms with Gasteiger partial charge in [0.15, 0.2) is 5.15 Å². The third-order valence-corrected chi connectivity index (χ3v) is 4.19. The number of aromatic nitrogens is 4. The Bertz CT molecular complexity index is 886. The van der Waals surface area contributed by atoms with Crippen LogP contribution in [0.5, 0.6) is 0 Å².